The number of hydrogen-bond donors (Lipinski definition) is 1. The summed E-state index contributed by atoms with van der Waals surface area (Å²) in [6.07, 6.45) is 7.58. The molecule has 2 atom stereocenters. The zero-order valence-electron chi connectivity index (χ0n) is 12.1. The van der Waals surface area contributed by atoms with Crippen molar-refractivity contribution < 1.29 is 0 Å². The first-order chi connectivity index (χ1) is 9.84. The van der Waals surface area contributed by atoms with Crippen molar-refractivity contribution >= 4 is 0 Å². The number of hydrogen-bond acceptors (Lipinski definition) is 2. The van der Waals surface area contributed by atoms with Gasteiger partial charge in [0, 0.05) is 30.4 Å². The van der Waals surface area contributed by atoms with Crippen molar-refractivity contribution in [2.24, 2.45) is 0 Å². The Balaban J connectivity index is 1.65. The highest BCUT2D eigenvalue weighted by atomic mass is 15.1. The van der Waals surface area contributed by atoms with Gasteiger partial charge in [0.2, 0.25) is 0 Å². The predicted molar refractivity (Wildman–Crippen MR) is 81.9 cm³/mol. The van der Waals surface area contributed by atoms with Crippen LogP contribution in [0.4, 0.5) is 0 Å². The van der Waals surface area contributed by atoms with Crippen molar-refractivity contribution in [3.63, 3.8) is 0 Å². The van der Waals surface area contributed by atoms with E-state index in [1.54, 1.807) is 0 Å². The number of imidazole rings is 1. The fourth-order valence-electron chi connectivity index (χ4n) is 3.07. The Morgan fingerprint density at radius 1 is 1.35 bits per heavy atom. The van der Waals surface area contributed by atoms with E-state index in [4.69, 9.17) is 0 Å². The molecule has 0 radical (unpaired) electrons. The first kappa shape index (κ1) is 13.4. The molecule has 3 nitrogen and oxygen atoms in total. The van der Waals surface area contributed by atoms with Crippen LogP contribution in [0.5, 0.6) is 0 Å². The first-order valence-corrected chi connectivity index (χ1v) is 7.61. The maximum atomic E-state index is 4.38. The molecule has 2 heterocycles. The lowest BCUT2D eigenvalue weighted by molar-refractivity contribution is 0.478. The molecule has 3 heteroatoms. The molecule has 0 aliphatic carbocycles. The second-order valence-corrected chi connectivity index (χ2v) is 5.79. The Bertz CT molecular complexity index is 526. The number of benzene rings is 1. The molecule has 0 amide bonds. The van der Waals surface area contributed by atoms with E-state index < -0.39 is 0 Å². The van der Waals surface area contributed by atoms with Crippen LogP contribution in [0.3, 0.4) is 0 Å². The molecule has 1 aliphatic rings. The second kappa shape index (κ2) is 6.23. The number of nitrogens with zero attached hydrogens (tertiary/aromatic N) is 2. The van der Waals surface area contributed by atoms with Gasteiger partial charge in [-0.2, -0.15) is 0 Å². The van der Waals surface area contributed by atoms with Crippen LogP contribution < -0.4 is 5.32 Å². The minimum atomic E-state index is 0.508. The van der Waals surface area contributed by atoms with Crippen molar-refractivity contribution in [2.75, 3.05) is 13.1 Å². The van der Waals surface area contributed by atoms with Crippen molar-refractivity contribution in [1.82, 2.24) is 14.9 Å². The van der Waals surface area contributed by atoms with Gasteiger partial charge in [0.1, 0.15) is 0 Å². The van der Waals surface area contributed by atoms with Gasteiger partial charge in [0.25, 0.3) is 0 Å². The summed E-state index contributed by atoms with van der Waals surface area (Å²) in [6, 6.07) is 11.2. The maximum absolute atomic E-state index is 4.38. The summed E-state index contributed by atoms with van der Waals surface area (Å²) in [5.74, 6) is 0.636. The van der Waals surface area contributed by atoms with Crippen LogP contribution in [0.2, 0.25) is 0 Å². The molecule has 3 rings (SSSR count). The van der Waals surface area contributed by atoms with Gasteiger partial charge in [-0.25, -0.2) is 4.98 Å². The van der Waals surface area contributed by atoms with E-state index in [-0.39, 0.29) is 0 Å². The Hall–Kier alpha value is -1.61. The fraction of sp³-hybridized carbons (Fsp3) is 0.471. The van der Waals surface area contributed by atoms with Crippen LogP contribution in [0.25, 0.3) is 0 Å². The highest BCUT2D eigenvalue weighted by molar-refractivity contribution is 5.15. The quantitative estimate of drug-likeness (QED) is 0.903. The minimum absolute atomic E-state index is 0.508. The summed E-state index contributed by atoms with van der Waals surface area (Å²) >= 11 is 0. The van der Waals surface area contributed by atoms with E-state index >= 15 is 0 Å². The monoisotopic (exact) mass is 269 g/mol. The topological polar surface area (TPSA) is 29.9 Å². The Morgan fingerprint density at radius 3 is 2.95 bits per heavy atom. The lowest BCUT2D eigenvalue weighted by Gasteiger charge is -2.19. The van der Waals surface area contributed by atoms with E-state index in [9.17, 15) is 0 Å². The molecular formula is C17H23N3. The van der Waals surface area contributed by atoms with E-state index in [0.29, 0.717) is 12.0 Å². The Morgan fingerprint density at radius 2 is 2.20 bits per heavy atom. The summed E-state index contributed by atoms with van der Waals surface area (Å²) in [6.45, 7) is 4.53. The Kier molecular flexibility index (Phi) is 4.16. The van der Waals surface area contributed by atoms with Gasteiger partial charge >= 0.3 is 0 Å². The van der Waals surface area contributed by atoms with E-state index in [2.05, 4.69) is 58.3 Å². The molecule has 1 fully saturated rings. The minimum Gasteiger partial charge on any atom is -0.331 e. The smallest absolute Gasteiger partial charge is 0.0950 e. The lowest BCUT2D eigenvalue weighted by atomic mass is 10.0. The van der Waals surface area contributed by atoms with Crippen LogP contribution >= 0.6 is 0 Å². The van der Waals surface area contributed by atoms with Gasteiger partial charge in [-0.1, -0.05) is 30.3 Å². The predicted octanol–water partition coefficient (Wildman–Crippen LogP) is 3.15. The number of aryl methyl sites for hydroxylation is 1. The van der Waals surface area contributed by atoms with E-state index in [0.717, 1.165) is 25.9 Å². The molecular weight excluding hydrogens is 246 g/mol. The number of rotatable bonds is 5. The molecule has 0 saturated carbocycles. The van der Waals surface area contributed by atoms with Crippen LogP contribution in [0, 0.1) is 0 Å². The molecule has 1 saturated heterocycles. The van der Waals surface area contributed by atoms with Crippen LogP contribution in [0.15, 0.2) is 42.9 Å². The lowest BCUT2D eigenvalue weighted by Crippen LogP contribution is -2.14. The molecule has 0 spiro atoms. The molecule has 1 aliphatic heterocycles. The average Bonchev–Trinajstić information content (AvgIpc) is 3.15. The van der Waals surface area contributed by atoms with Crippen molar-refractivity contribution in [1.29, 1.82) is 0 Å². The Labute approximate surface area is 121 Å². The van der Waals surface area contributed by atoms with Gasteiger partial charge in [0.15, 0.2) is 0 Å². The molecule has 20 heavy (non-hydrogen) atoms. The van der Waals surface area contributed by atoms with E-state index in [1.165, 1.54) is 17.7 Å². The molecule has 1 aromatic heterocycles. The van der Waals surface area contributed by atoms with Crippen molar-refractivity contribution in [2.45, 2.75) is 38.1 Å². The fourth-order valence-corrected chi connectivity index (χ4v) is 3.07. The molecule has 1 aromatic carbocycles. The largest absolute Gasteiger partial charge is 0.331 e. The number of aromatic nitrogens is 2. The SMILES string of the molecule is CC(CCc1ccccc1)n1cncc1C1CCNC1. The molecule has 0 bridgehead atoms. The highest BCUT2D eigenvalue weighted by Gasteiger charge is 2.21. The van der Waals surface area contributed by atoms with Gasteiger partial charge in [-0.15, -0.1) is 0 Å². The standard InChI is InChI=1S/C17H23N3/c1-14(7-8-15-5-3-2-4-6-15)20-13-19-12-17(20)16-9-10-18-11-16/h2-6,12-14,16,18H,7-11H2,1H3. The third-order valence-corrected chi connectivity index (χ3v) is 4.34. The molecule has 2 unspecified atom stereocenters. The number of nitrogens with one attached hydrogen (secondary N) is 1. The summed E-state index contributed by atoms with van der Waals surface area (Å²) < 4.78 is 2.38. The zero-order chi connectivity index (χ0) is 13.8. The van der Waals surface area contributed by atoms with Gasteiger partial charge < -0.3 is 9.88 Å². The van der Waals surface area contributed by atoms with Crippen LogP contribution in [-0.2, 0) is 6.42 Å². The third kappa shape index (κ3) is 2.93. The van der Waals surface area contributed by atoms with Gasteiger partial charge in [-0.05, 0) is 38.3 Å². The molecule has 2 aromatic rings. The van der Waals surface area contributed by atoms with Crippen molar-refractivity contribution in [3.05, 3.63) is 54.1 Å². The summed E-state index contributed by atoms with van der Waals surface area (Å²) in [7, 11) is 0. The third-order valence-electron chi connectivity index (χ3n) is 4.34. The summed E-state index contributed by atoms with van der Waals surface area (Å²) in [5.41, 5.74) is 2.82. The molecule has 106 valence electrons. The van der Waals surface area contributed by atoms with Crippen LogP contribution in [0.1, 0.15) is 43.0 Å². The zero-order valence-corrected chi connectivity index (χ0v) is 12.1. The highest BCUT2D eigenvalue weighted by Crippen LogP contribution is 2.26. The summed E-state index contributed by atoms with van der Waals surface area (Å²) in [5, 5.41) is 3.44. The summed E-state index contributed by atoms with van der Waals surface area (Å²) in [4.78, 5) is 4.38. The maximum Gasteiger partial charge on any atom is 0.0950 e. The van der Waals surface area contributed by atoms with Gasteiger partial charge in [0.05, 0.1) is 6.33 Å². The average molecular weight is 269 g/mol. The van der Waals surface area contributed by atoms with E-state index in [1.807, 2.05) is 6.33 Å². The second-order valence-electron chi connectivity index (χ2n) is 5.79. The first-order valence-electron chi connectivity index (χ1n) is 7.61. The van der Waals surface area contributed by atoms with Gasteiger partial charge in [-0.3, -0.25) is 0 Å². The molecule has 1 N–H and O–H groups in total. The van der Waals surface area contributed by atoms with Crippen molar-refractivity contribution in [3.8, 4) is 0 Å². The normalized spacial score (nSPS) is 20.1. The van der Waals surface area contributed by atoms with Crippen LogP contribution in [-0.4, -0.2) is 22.6 Å².